The molecule has 1 unspecified atom stereocenters. The van der Waals surface area contributed by atoms with Crippen LogP contribution in [0.3, 0.4) is 0 Å². The van der Waals surface area contributed by atoms with Gasteiger partial charge in [-0.1, -0.05) is 6.92 Å². The number of amides is 1. The molecular formula is C14H21N3O3S. The largest absolute Gasteiger partial charge is 0.326 e. The summed E-state index contributed by atoms with van der Waals surface area (Å²) in [6, 6.07) is 5.96. The van der Waals surface area contributed by atoms with E-state index < -0.39 is 10.0 Å². The van der Waals surface area contributed by atoms with Gasteiger partial charge in [-0.2, -0.15) is 0 Å². The van der Waals surface area contributed by atoms with Gasteiger partial charge in [-0.15, -0.1) is 0 Å². The molecule has 0 saturated heterocycles. The second-order valence-corrected chi connectivity index (χ2v) is 7.05. The maximum absolute atomic E-state index is 12.1. The Labute approximate surface area is 125 Å². The summed E-state index contributed by atoms with van der Waals surface area (Å²) in [6.07, 6.45) is 2.53. The molecule has 1 saturated carbocycles. The van der Waals surface area contributed by atoms with Gasteiger partial charge in [-0.25, -0.2) is 13.1 Å². The van der Waals surface area contributed by atoms with Crippen LogP contribution in [0.15, 0.2) is 29.2 Å². The van der Waals surface area contributed by atoms with Gasteiger partial charge >= 0.3 is 0 Å². The Kier molecular flexibility index (Phi) is 4.97. The quantitative estimate of drug-likeness (QED) is 0.700. The molecule has 1 atom stereocenters. The molecule has 0 heterocycles. The second kappa shape index (κ2) is 6.55. The van der Waals surface area contributed by atoms with Crippen LogP contribution in [0.1, 0.15) is 26.2 Å². The highest BCUT2D eigenvalue weighted by molar-refractivity contribution is 7.89. The first-order chi connectivity index (χ1) is 9.92. The lowest BCUT2D eigenvalue weighted by Gasteiger charge is -2.12. The SMILES string of the molecule is CCC(=O)Nc1ccc(S(=O)(=O)NCC(N)C2CC2)cc1. The number of nitrogens with two attached hydrogens (primary N) is 1. The summed E-state index contributed by atoms with van der Waals surface area (Å²) < 4.78 is 26.8. The first-order valence-corrected chi connectivity index (χ1v) is 8.56. The zero-order valence-electron chi connectivity index (χ0n) is 12.0. The molecule has 0 aromatic heterocycles. The van der Waals surface area contributed by atoms with Crippen molar-refractivity contribution in [1.29, 1.82) is 0 Å². The van der Waals surface area contributed by atoms with E-state index in [0.29, 0.717) is 18.0 Å². The number of sulfonamides is 1. The molecule has 2 rings (SSSR count). The highest BCUT2D eigenvalue weighted by atomic mass is 32.2. The average molecular weight is 311 g/mol. The number of carbonyl (C=O) groups excluding carboxylic acids is 1. The fourth-order valence-electron chi connectivity index (χ4n) is 1.95. The van der Waals surface area contributed by atoms with Crippen LogP contribution < -0.4 is 15.8 Å². The molecule has 1 aromatic rings. The Bertz CT molecular complexity index is 594. The van der Waals surface area contributed by atoms with Crippen LogP contribution in [0.4, 0.5) is 5.69 Å². The van der Waals surface area contributed by atoms with Crippen LogP contribution >= 0.6 is 0 Å². The van der Waals surface area contributed by atoms with Crippen LogP contribution in [-0.4, -0.2) is 26.9 Å². The van der Waals surface area contributed by atoms with E-state index in [1.807, 2.05) is 0 Å². The number of carbonyl (C=O) groups is 1. The van der Waals surface area contributed by atoms with Gasteiger partial charge in [0.1, 0.15) is 0 Å². The van der Waals surface area contributed by atoms with Crippen LogP contribution in [0.2, 0.25) is 0 Å². The number of hydrogen-bond acceptors (Lipinski definition) is 4. The van der Waals surface area contributed by atoms with E-state index in [9.17, 15) is 13.2 Å². The molecule has 1 aromatic carbocycles. The Balaban J connectivity index is 1.97. The minimum Gasteiger partial charge on any atom is -0.326 e. The zero-order chi connectivity index (χ0) is 15.5. The van der Waals surface area contributed by atoms with Crippen molar-refractivity contribution < 1.29 is 13.2 Å². The third kappa shape index (κ3) is 4.52. The van der Waals surface area contributed by atoms with Crippen LogP contribution in [0.5, 0.6) is 0 Å². The summed E-state index contributed by atoms with van der Waals surface area (Å²) in [6.45, 7) is 2.00. The van der Waals surface area contributed by atoms with E-state index in [1.54, 1.807) is 19.1 Å². The van der Waals surface area contributed by atoms with Crippen molar-refractivity contribution in [2.45, 2.75) is 37.1 Å². The minimum atomic E-state index is -3.55. The Morgan fingerprint density at radius 3 is 2.48 bits per heavy atom. The van der Waals surface area contributed by atoms with E-state index in [2.05, 4.69) is 10.0 Å². The summed E-state index contributed by atoms with van der Waals surface area (Å²) in [5.41, 5.74) is 6.46. The molecule has 1 aliphatic rings. The van der Waals surface area contributed by atoms with Crippen LogP contribution in [0, 0.1) is 5.92 Å². The summed E-state index contributed by atoms with van der Waals surface area (Å²) in [5.74, 6) is 0.332. The topological polar surface area (TPSA) is 101 Å². The van der Waals surface area contributed by atoms with Crippen LogP contribution in [0.25, 0.3) is 0 Å². The fourth-order valence-corrected chi connectivity index (χ4v) is 3.02. The third-order valence-corrected chi connectivity index (χ3v) is 4.95. The molecule has 21 heavy (non-hydrogen) atoms. The van der Waals surface area contributed by atoms with Crippen molar-refractivity contribution in [3.8, 4) is 0 Å². The lowest BCUT2D eigenvalue weighted by atomic mass is 10.2. The first kappa shape index (κ1) is 15.9. The Morgan fingerprint density at radius 2 is 1.95 bits per heavy atom. The molecule has 7 heteroatoms. The number of rotatable bonds is 7. The molecule has 0 bridgehead atoms. The van der Waals surface area contributed by atoms with Crippen molar-refractivity contribution >= 4 is 21.6 Å². The maximum atomic E-state index is 12.1. The monoisotopic (exact) mass is 311 g/mol. The minimum absolute atomic E-state index is 0.112. The zero-order valence-corrected chi connectivity index (χ0v) is 12.8. The van der Waals surface area contributed by atoms with Crippen molar-refractivity contribution in [1.82, 2.24) is 4.72 Å². The summed E-state index contributed by atoms with van der Waals surface area (Å²) in [4.78, 5) is 11.4. The molecule has 4 N–H and O–H groups in total. The Morgan fingerprint density at radius 1 is 1.33 bits per heavy atom. The third-order valence-electron chi connectivity index (χ3n) is 3.51. The van der Waals surface area contributed by atoms with Crippen molar-refractivity contribution in [3.05, 3.63) is 24.3 Å². The number of nitrogens with one attached hydrogen (secondary N) is 2. The second-order valence-electron chi connectivity index (χ2n) is 5.28. The number of benzene rings is 1. The van der Waals surface area contributed by atoms with E-state index >= 15 is 0 Å². The normalized spacial score (nSPS) is 16.5. The van der Waals surface area contributed by atoms with Crippen molar-refractivity contribution in [2.24, 2.45) is 11.7 Å². The van der Waals surface area contributed by atoms with Gasteiger partial charge < -0.3 is 11.1 Å². The molecule has 0 radical (unpaired) electrons. The highest BCUT2D eigenvalue weighted by Gasteiger charge is 2.29. The molecule has 1 aliphatic carbocycles. The summed E-state index contributed by atoms with van der Waals surface area (Å²) in [5, 5.41) is 2.67. The lowest BCUT2D eigenvalue weighted by Crippen LogP contribution is -2.38. The molecule has 0 aliphatic heterocycles. The summed E-state index contributed by atoms with van der Waals surface area (Å²) >= 11 is 0. The summed E-state index contributed by atoms with van der Waals surface area (Å²) in [7, 11) is -3.55. The van der Waals surface area contributed by atoms with Gasteiger partial charge in [0.05, 0.1) is 4.90 Å². The van der Waals surface area contributed by atoms with Gasteiger partial charge in [0.25, 0.3) is 0 Å². The molecule has 6 nitrogen and oxygen atoms in total. The fraction of sp³-hybridized carbons (Fsp3) is 0.500. The van der Waals surface area contributed by atoms with E-state index in [-0.39, 0.29) is 23.4 Å². The molecule has 1 amide bonds. The van der Waals surface area contributed by atoms with Gasteiger partial charge in [0.15, 0.2) is 0 Å². The van der Waals surface area contributed by atoms with E-state index in [4.69, 9.17) is 5.73 Å². The van der Waals surface area contributed by atoms with E-state index in [0.717, 1.165) is 12.8 Å². The van der Waals surface area contributed by atoms with Gasteiger partial charge in [0, 0.05) is 24.7 Å². The molecule has 116 valence electrons. The van der Waals surface area contributed by atoms with Gasteiger partial charge in [-0.3, -0.25) is 4.79 Å². The lowest BCUT2D eigenvalue weighted by molar-refractivity contribution is -0.115. The molecule has 0 spiro atoms. The predicted molar refractivity (Wildman–Crippen MR) is 81.3 cm³/mol. The molecule has 1 fully saturated rings. The van der Waals surface area contributed by atoms with Crippen LogP contribution in [-0.2, 0) is 14.8 Å². The van der Waals surface area contributed by atoms with Crippen molar-refractivity contribution in [2.75, 3.05) is 11.9 Å². The average Bonchev–Trinajstić information content (AvgIpc) is 3.30. The first-order valence-electron chi connectivity index (χ1n) is 7.07. The van der Waals surface area contributed by atoms with Crippen molar-refractivity contribution in [3.63, 3.8) is 0 Å². The maximum Gasteiger partial charge on any atom is 0.240 e. The predicted octanol–water partition coefficient (Wildman–Crippen LogP) is 1.05. The Hall–Kier alpha value is -1.44. The standard InChI is InChI=1S/C14H21N3O3S/c1-2-14(18)17-11-5-7-12(8-6-11)21(19,20)16-9-13(15)10-3-4-10/h5-8,10,13,16H,2-4,9,15H2,1H3,(H,17,18). The van der Waals surface area contributed by atoms with E-state index in [1.165, 1.54) is 12.1 Å². The molecular weight excluding hydrogens is 290 g/mol. The van der Waals surface area contributed by atoms with Gasteiger partial charge in [-0.05, 0) is 43.0 Å². The number of anilines is 1. The smallest absolute Gasteiger partial charge is 0.240 e. The van der Waals surface area contributed by atoms with Gasteiger partial charge in [0.2, 0.25) is 15.9 Å². The highest BCUT2D eigenvalue weighted by Crippen LogP contribution is 2.31. The number of hydrogen-bond donors (Lipinski definition) is 3.